The number of benzene rings is 2. The van der Waals surface area contributed by atoms with Crippen molar-refractivity contribution in [3.8, 4) is 0 Å². The van der Waals surface area contributed by atoms with Crippen LogP contribution in [0.1, 0.15) is 15.9 Å². The predicted octanol–water partition coefficient (Wildman–Crippen LogP) is 3.24. The molecule has 0 radical (unpaired) electrons. The van der Waals surface area contributed by atoms with Crippen LogP contribution in [0, 0.1) is 0 Å². The van der Waals surface area contributed by atoms with Gasteiger partial charge < -0.3 is 0 Å². The lowest BCUT2D eigenvalue weighted by Gasteiger charge is -2.12. The number of hydrogen-bond donors (Lipinski definition) is 1. The second-order valence-electron chi connectivity index (χ2n) is 6.28. The van der Waals surface area contributed by atoms with Gasteiger partial charge in [0.15, 0.2) is 0 Å². The molecule has 0 bridgehead atoms. The van der Waals surface area contributed by atoms with Gasteiger partial charge in [-0.05, 0) is 35.9 Å². The van der Waals surface area contributed by atoms with Gasteiger partial charge >= 0.3 is 0 Å². The van der Waals surface area contributed by atoms with Crippen LogP contribution in [0.2, 0.25) is 5.02 Å². The second-order valence-corrected chi connectivity index (χ2v) is 9.75. The summed E-state index contributed by atoms with van der Waals surface area (Å²) in [5.74, 6) is -0.517. The number of carbonyl (C=O) groups is 1. The topological polar surface area (TPSA) is 97.2 Å². The normalized spacial score (nSPS) is 11.6. The number of amides is 1. The molecule has 3 aromatic rings. The highest BCUT2D eigenvalue weighted by Crippen LogP contribution is 2.23. The van der Waals surface area contributed by atoms with Gasteiger partial charge in [0.25, 0.3) is 5.91 Å². The minimum absolute atomic E-state index is 0.0128. The summed E-state index contributed by atoms with van der Waals surface area (Å²) in [6, 6.07) is 11.7. The summed E-state index contributed by atoms with van der Waals surface area (Å²) in [6.07, 6.45) is 1.49. The molecule has 0 saturated heterocycles. The van der Waals surface area contributed by atoms with Gasteiger partial charge in [0.1, 0.15) is 6.33 Å². The van der Waals surface area contributed by atoms with Crippen molar-refractivity contribution in [1.82, 2.24) is 19.1 Å². The van der Waals surface area contributed by atoms with E-state index in [0.29, 0.717) is 6.54 Å². The van der Waals surface area contributed by atoms with E-state index in [4.69, 9.17) is 11.6 Å². The Morgan fingerprint density at radius 1 is 1.21 bits per heavy atom. The fraction of sp³-hybridized carbons (Fsp3) is 0.167. The first-order valence-electron chi connectivity index (χ1n) is 8.34. The van der Waals surface area contributed by atoms with Crippen LogP contribution in [0.3, 0.4) is 0 Å². The molecule has 152 valence electrons. The average Bonchev–Trinajstić information content (AvgIpc) is 3.10. The van der Waals surface area contributed by atoms with Crippen LogP contribution >= 0.6 is 27.5 Å². The molecule has 0 fully saturated rings. The first kappa shape index (κ1) is 21.4. The zero-order chi connectivity index (χ0) is 21.2. The molecule has 0 aliphatic rings. The SMILES string of the molecule is CN(C)S(=O)(=O)c1ccc(Cl)c(C(=O)Nc2ncn(Cc3ccc(Br)cc3)n2)c1. The molecular formula is C18H17BrClN5O3S. The lowest BCUT2D eigenvalue weighted by molar-refractivity contribution is 0.102. The Bertz CT molecular complexity index is 1150. The first-order valence-corrected chi connectivity index (χ1v) is 11.0. The van der Waals surface area contributed by atoms with Gasteiger partial charge in [-0.3, -0.25) is 10.1 Å². The largest absolute Gasteiger partial charge is 0.289 e. The Morgan fingerprint density at radius 2 is 1.90 bits per heavy atom. The zero-order valence-corrected chi connectivity index (χ0v) is 18.7. The van der Waals surface area contributed by atoms with Crippen molar-refractivity contribution in [2.45, 2.75) is 11.4 Å². The van der Waals surface area contributed by atoms with Gasteiger partial charge in [-0.25, -0.2) is 22.4 Å². The maximum atomic E-state index is 12.6. The molecule has 0 atom stereocenters. The Morgan fingerprint density at radius 3 is 2.55 bits per heavy atom. The van der Waals surface area contributed by atoms with Crippen LogP contribution in [0.5, 0.6) is 0 Å². The summed E-state index contributed by atoms with van der Waals surface area (Å²) >= 11 is 9.47. The standard InChI is InChI=1S/C18H17BrClN5O3S/c1-24(2)29(27,28)14-7-8-16(20)15(9-14)17(26)22-18-21-11-25(23-18)10-12-3-5-13(19)6-4-12/h3-9,11H,10H2,1-2H3,(H,22,23,26). The third-order valence-electron chi connectivity index (χ3n) is 3.98. The monoisotopic (exact) mass is 497 g/mol. The molecule has 2 aromatic carbocycles. The number of sulfonamides is 1. The second kappa shape index (κ2) is 8.62. The lowest BCUT2D eigenvalue weighted by atomic mass is 10.2. The Labute approximate surface area is 181 Å². The number of nitrogens with one attached hydrogen (secondary N) is 1. The number of hydrogen-bond acceptors (Lipinski definition) is 5. The number of halogens is 2. The molecule has 0 spiro atoms. The number of nitrogens with zero attached hydrogens (tertiary/aromatic N) is 4. The van der Waals surface area contributed by atoms with Gasteiger partial charge in [-0.2, -0.15) is 0 Å². The quantitative estimate of drug-likeness (QED) is 0.563. The van der Waals surface area contributed by atoms with E-state index in [1.165, 1.54) is 38.6 Å². The van der Waals surface area contributed by atoms with E-state index in [-0.39, 0.29) is 21.4 Å². The van der Waals surface area contributed by atoms with E-state index in [9.17, 15) is 13.2 Å². The molecule has 0 aliphatic carbocycles. The van der Waals surface area contributed by atoms with Gasteiger partial charge in [-0.15, -0.1) is 5.10 Å². The van der Waals surface area contributed by atoms with E-state index in [1.807, 2.05) is 24.3 Å². The van der Waals surface area contributed by atoms with Crippen molar-refractivity contribution < 1.29 is 13.2 Å². The molecule has 1 heterocycles. The van der Waals surface area contributed by atoms with Gasteiger partial charge in [0.2, 0.25) is 16.0 Å². The predicted molar refractivity (Wildman–Crippen MR) is 114 cm³/mol. The summed E-state index contributed by atoms with van der Waals surface area (Å²) in [6.45, 7) is 0.480. The fourth-order valence-electron chi connectivity index (χ4n) is 2.42. The van der Waals surface area contributed by atoms with Crippen LogP contribution in [0.4, 0.5) is 5.95 Å². The lowest BCUT2D eigenvalue weighted by Crippen LogP contribution is -2.23. The highest BCUT2D eigenvalue weighted by atomic mass is 79.9. The molecule has 29 heavy (non-hydrogen) atoms. The zero-order valence-electron chi connectivity index (χ0n) is 15.5. The number of rotatable bonds is 6. The molecule has 3 rings (SSSR count). The van der Waals surface area contributed by atoms with E-state index in [1.54, 1.807) is 4.68 Å². The highest BCUT2D eigenvalue weighted by molar-refractivity contribution is 9.10. The molecule has 8 nitrogen and oxygen atoms in total. The number of carbonyl (C=O) groups excluding carboxylic acids is 1. The van der Waals surface area contributed by atoms with Crippen LogP contribution in [-0.2, 0) is 16.6 Å². The Hall–Kier alpha value is -2.27. The van der Waals surface area contributed by atoms with Crippen LogP contribution < -0.4 is 5.32 Å². The highest BCUT2D eigenvalue weighted by Gasteiger charge is 2.21. The number of anilines is 1. The van der Waals surface area contributed by atoms with E-state index < -0.39 is 15.9 Å². The van der Waals surface area contributed by atoms with Gasteiger partial charge in [-0.1, -0.05) is 39.7 Å². The fourth-order valence-corrected chi connectivity index (χ4v) is 3.82. The van der Waals surface area contributed by atoms with E-state index >= 15 is 0 Å². The molecule has 0 aliphatic heterocycles. The van der Waals surface area contributed by atoms with Crippen molar-refractivity contribution >= 4 is 49.4 Å². The van der Waals surface area contributed by atoms with Crippen LogP contribution in [0.25, 0.3) is 0 Å². The summed E-state index contributed by atoms with van der Waals surface area (Å²) in [5.41, 5.74) is 1.03. The van der Waals surface area contributed by atoms with Gasteiger partial charge in [0.05, 0.1) is 22.0 Å². The molecule has 1 N–H and O–H groups in total. The van der Waals surface area contributed by atoms with E-state index in [2.05, 4.69) is 31.3 Å². The molecule has 11 heteroatoms. The van der Waals surface area contributed by atoms with Crippen molar-refractivity contribution in [3.05, 3.63) is 69.4 Å². The summed E-state index contributed by atoms with van der Waals surface area (Å²) in [7, 11) is -0.883. The molecule has 1 aromatic heterocycles. The van der Waals surface area contributed by atoms with Crippen molar-refractivity contribution in [2.75, 3.05) is 19.4 Å². The summed E-state index contributed by atoms with van der Waals surface area (Å²) in [4.78, 5) is 16.6. The molecule has 1 amide bonds. The van der Waals surface area contributed by atoms with Gasteiger partial charge in [0, 0.05) is 18.6 Å². The Kier molecular flexibility index (Phi) is 6.37. The average molecular weight is 499 g/mol. The third kappa shape index (κ3) is 5.02. The Balaban J connectivity index is 1.77. The maximum Gasteiger partial charge on any atom is 0.259 e. The minimum Gasteiger partial charge on any atom is -0.289 e. The smallest absolute Gasteiger partial charge is 0.259 e. The van der Waals surface area contributed by atoms with Crippen LogP contribution in [0.15, 0.2) is 58.2 Å². The minimum atomic E-state index is -3.70. The van der Waals surface area contributed by atoms with Crippen LogP contribution in [-0.4, -0.2) is 47.5 Å². The maximum absolute atomic E-state index is 12.6. The van der Waals surface area contributed by atoms with Crippen molar-refractivity contribution in [1.29, 1.82) is 0 Å². The third-order valence-corrected chi connectivity index (χ3v) is 6.65. The van der Waals surface area contributed by atoms with Crippen molar-refractivity contribution in [2.24, 2.45) is 0 Å². The molecule has 0 saturated carbocycles. The summed E-state index contributed by atoms with van der Waals surface area (Å²) in [5, 5.41) is 6.87. The molecular weight excluding hydrogens is 482 g/mol. The molecule has 0 unspecified atom stereocenters. The van der Waals surface area contributed by atoms with E-state index in [0.717, 1.165) is 14.3 Å². The van der Waals surface area contributed by atoms with Crippen molar-refractivity contribution in [3.63, 3.8) is 0 Å². The summed E-state index contributed by atoms with van der Waals surface area (Å²) < 4.78 is 28.2. The number of aromatic nitrogens is 3. The first-order chi connectivity index (χ1) is 13.7.